The van der Waals surface area contributed by atoms with E-state index in [1.807, 2.05) is 30.3 Å². The van der Waals surface area contributed by atoms with E-state index in [0.717, 1.165) is 11.3 Å². The Morgan fingerprint density at radius 1 is 1.06 bits per heavy atom. The van der Waals surface area contributed by atoms with Crippen LogP contribution in [0.4, 0.5) is 0 Å². The molecule has 1 saturated heterocycles. The van der Waals surface area contributed by atoms with Crippen molar-refractivity contribution in [3.05, 3.63) is 71.4 Å². The number of aromatic nitrogens is 2. The normalized spacial score (nSPS) is 14.8. The van der Waals surface area contributed by atoms with E-state index in [1.54, 1.807) is 47.0 Å². The molecule has 1 atom stereocenters. The Labute approximate surface area is 185 Å². The number of rotatable bonds is 5. The number of esters is 1. The number of amides is 1. The second kappa shape index (κ2) is 9.32. The number of carbonyl (C=O) groups is 2. The van der Waals surface area contributed by atoms with E-state index in [-0.39, 0.29) is 11.5 Å². The summed E-state index contributed by atoms with van der Waals surface area (Å²) in [4.78, 5) is 27.3. The molecule has 4 rings (SSSR count). The third kappa shape index (κ3) is 4.78. The number of benzene rings is 2. The van der Waals surface area contributed by atoms with E-state index >= 15 is 0 Å². The van der Waals surface area contributed by atoms with Gasteiger partial charge in [0.25, 0.3) is 5.91 Å². The SMILES string of the molecule is CC(OC(=O)c1cn(-c2ccccc2)nc1-c1ccc(Cl)cc1)C(=O)N1CCOCC1. The summed E-state index contributed by atoms with van der Waals surface area (Å²) in [5, 5.41) is 5.19. The molecular formula is C23H22ClN3O4. The summed E-state index contributed by atoms with van der Waals surface area (Å²) < 4.78 is 12.4. The Balaban J connectivity index is 1.62. The Kier molecular flexibility index (Phi) is 6.34. The summed E-state index contributed by atoms with van der Waals surface area (Å²) in [7, 11) is 0. The third-order valence-electron chi connectivity index (χ3n) is 5.03. The molecule has 0 radical (unpaired) electrons. The molecule has 2 heterocycles. The molecule has 0 spiro atoms. The zero-order chi connectivity index (χ0) is 21.8. The van der Waals surface area contributed by atoms with Crippen LogP contribution in [-0.4, -0.2) is 59.0 Å². The summed E-state index contributed by atoms with van der Waals surface area (Å²) in [5.74, 6) is -0.846. The average molecular weight is 440 g/mol. The molecule has 0 aliphatic carbocycles. The third-order valence-corrected chi connectivity index (χ3v) is 5.28. The lowest BCUT2D eigenvalue weighted by atomic mass is 10.1. The van der Waals surface area contributed by atoms with Crippen molar-refractivity contribution in [3.63, 3.8) is 0 Å². The first-order valence-electron chi connectivity index (χ1n) is 10.0. The lowest BCUT2D eigenvalue weighted by Gasteiger charge is -2.28. The molecule has 1 aliphatic heterocycles. The molecule has 3 aromatic rings. The number of ether oxygens (including phenoxy) is 2. The van der Waals surface area contributed by atoms with E-state index in [2.05, 4.69) is 5.10 Å². The van der Waals surface area contributed by atoms with Gasteiger partial charge < -0.3 is 14.4 Å². The topological polar surface area (TPSA) is 73.7 Å². The minimum absolute atomic E-state index is 0.236. The predicted octanol–water partition coefficient (Wildman–Crippen LogP) is 3.60. The molecule has 8 heteroatoms. The minimum atomic E-state index is -0.913. The van der Waals surface area contributed by atoms with Crippen LogP contribution in [0.1, 0.15) is 17.3 Å². The van der Waals surface area contributed by atoms with Crippen LogP contribution in [0.5, 0.6) is 0 Å². The monoisotopic (exact) mass is 439 g/mol. The standard InChI is InChI=1S/C23H22ClN3O4/c1-16(22(28)26-11-13-30-14-12-26)31-23(29)20-15-27(19-5-3-2-4-6-19)25-21(20)17-7-9-18(24)10-8-17/h2-10,15-16H,11-14H2,1H3. The van der Waals surface area contributed by atoms with Gasteiger partial charge in [0, 0.05) is 29.9 Å². The largest absolute Gasteiger partial charge is 0.449 e. The second-order valence-electron chi connectivity index (χ2n) is 7.16. The maximum Gasteiger partial charge on any atom is 0.342 e. The molecule has 1 aliphatic rings. The van der Waals surface area contributed by atoms with Crippen molar-refractivity contribution in [1.82, 2.24) is 14.7 Å². The number of para-hydroxylation sites is 1. The van der Waals surface area contributed by atoms with Gasteiger partial charge in [-0.3, -0.25) is 4.79 Å². The fourth-order valence-electron chi connectivity index (χ4n) is 3.37. The van der Waals surface area contributed by atoms with Crippen LogP contribution in [0.2, 0.25) is 5.02 Å². The molecule has 7 nitrogen and oxygen atoms in total. The first kappa shape index (κ1) is 21.1. The van der Waals surface area contributed by atoms with Gasteiger partial charge in [0.15, 0.2) is 6.10 Å². The summed E-state index contributed by atoms with van der Waals surface area (Å²) in [6.07, 6.45) is 0.705. The van der Waals surface area contributed by atoms with Crippen LogP contribution in [0, 0.1) is 0 Å². The van der Waals surface area contributed by atoms with Crippen LogP contribution in [0.25, 0.3) is 16.9 Å². The summed E-state index contributed by atoms with van der Waals surface area (Å²) >= 11 is 6.01. The highest BCUT2D eigenvalue weighted by molar-refractivity contribution is 6.30. The number of hydrogen-bond donors (Lipinski definition) is 0. The van der Waals surface area contributed by atoms with E-state index in [0.29, 0.717) is 37.0 Å². The van der Waals surface area contributed by atoms with Gasteiger partial charge >= 0.3 is 5.97 Å². The van der Waals surface area contributed by atoms with Gasteiger partial charge in [0.05, 0.1) is 18.9 Å². The molecule has 31 heavy (non-hydrogen) atoms. The Morgan fingerprint density at radius 2 is 1.74 bits per heavy atom. The molecule has 1 aromatic heterocycles. The molecule has 0 N–H and O–H groups in total. The van der Waals surface area contributed by atoms with Crippen molar-refractivity contribution in [2.75, 3.05) is 26.3 Å². The van der Waals surface area contributed by atoms with Crippen molar-refractivity contribution in [3.8, 4) is 16.9 Å². The van der Waals surface area contributed by atoms with Gasteiger partial charge in [-0.1, -0.05) is 41.9 Å². The van der Waals surface area contributed by atoms with Crippen molar-refractivity contribution in [2.45, 2.75) is 13.0 Å². The average Bonchev–Trinajstić information content (AvgIpc) is 3.26. The Hall–Kier alpha value is -3.16. The van der Waals surface area contributed by atoms with Gasteiger partial charge in [-0.15, -0.1) is 0 Å². The van der Waals surface area contributed by atoms with Gasteiger partial charge in [-0.05, 0) is 31.2 Å². The fourth-order valence-corrected chi connectivity index (χ4v) is 3.50. The second-order valence-corrected chi connectivity index (χ2v) is 7.60. The van der Waals surface area contributed by atoms with Gasteiger partial charge in [-0.25, -0.2) is 9.48 Å². The van der Waals surface area contributed by atoms with Gasteiger partial charge in [0.2, 0.25) is 0 Å². The lowest BCUT2D eigenvalue weighted by Crippen LogP contribution is -2.46. The molecule has 2 aromatic carbocycles. The van der Waals surface area contributed by atoms with E-state index in [1.165, 1.54) is 0 Å². The number of nitrogens with zero attached hydrogens (tertiary/aromatic N) is 3. The zero-order valence-corrected chi connectivity index (χ0v) is 17.8. The highest BCUT2D eigenvalue weighted by Gasteiger charge is 2.28. The molecule has 1 unspecified atom stereocenters. The van der Waals surface area contributed by atoms with Crippen LogP contribution < -0.4 is 0 Å². The van der Waals surface area contributed by atoms with Crippen molar-refractivity contribution in [2.24, 2.45) is 0 Å². The van der Waals surface area contributed by atoms with Crippen molar-refractivity contribution in [1.29, 1.82) is 0 Å². The highest BCUT2D eigenvalue weighted by Crippen LogP contribution is 2.26. The Morgan fingerprint density at radius 3 is 2.42 bits per heavy atom. The molecule has 0 bridgehead atoms. The fraction of sp³-hybridized carbons (Fsp3) is 0.261. The van der Waals surface area contributed by atoms with Gasteiger partial charge in [-0.2, -0.15) is 5.10 Å². The molecule has 1 amide bonds. The summed E-state index contributed by atoms with van der Waals surface area (Å²) in [5.41, 5.74) is 2.25. The first-order valence-corrected chi connectivity index (χ1v) is 10.4. The number of hydrogen-bond acceptors (Lipinski definition) is 5. The van der Waals surface area contributed by atoms with Crippen molar-refractivity contribution < 1.29 is 19.1 Å². The lowest BCUT2D eigenvalue weighted by molar-refractivity contribution is -0.143. The smallest absolute Gasteiger partial charge is 0.342 e. The highest BCUT2D eigenvalue weighted by atomic mass is 35.5. The van der Waals surface area contributed by atoms with Crippen LogP contribution in [-0.2, 0) is 14.3 Å². The first-order chi connectivity index (χ1) is 15.0. The van der Waals surface area contributed by atoms with E-state index in [4.69, 9.17) is 21.1 Å². The maximum absolute atomic E-state index is 13.1. The maximum atomic E-state index is 13.1. The van der Waals surface area contributed by atoms with E-state index < -0.39 is 12.1 Å². The van der Waals surface area contributed by atoms with Gasteiger partial charge in [0.1, 0.15) is 11.3 Å². The molecule has 160 valence electrons. The molecule has 0 saturated carbocycles. The quantitative estimate of drug-likeness (QED) is 0.568. The number of morpholine rings is 1. The van der Waals surface area contributed by atoms with Crippen LogP contribution in [0.3, 0.4) is 0 Å². The number of halogens is 1. The van der Waals surface area contributed by atoms with Crippen molar-refractivity contribution >= 4 is 23.5 Å². The number of carbonyl (C=O) groups excluding carboxylic acids is 2. The van der Waals surface area contributed by atoms with E-state index in [9.17, 15) is 9.59 Å². The summed E-state index contributed by atoms with van der Waals surface area (Å²) in [6.45, 7) is 3.53. The molecule has 1 fully saturated rings. The Bertz CT molecular complexity index is 1060. The van der Waals surface area contributed by atoms with Crippen LogP contribution >= 0.6 is 11.6 Å². The predicted molar refractivity (Wildman–Crippen MR) is 116 cm³/mol. The minimum Gasteiger partial charge on any atom is -0.449 e. The molecular weight excluding hydrogens is 418 g/mol. The van der Waals surface area contributed by atoms with Crippen LogP contribution in [0.15, 0.2) is 60.8 Å². The summed E-state index contributed by atoms with van der Waals surface area (Å²) in [6, 6.07) is 16.5. The zero-order valence-electron chi connectivity index (χ0n) is 17.0.